The van der Waals surface area contributed by atoms with Crippen molar-refractivity contribution >= 4 is 18.3 Å². The third kappa shape index (κ3) is 4.31. The first kappa shape index (κ1) is 17.2. The van der Waals surface area contributed by atoms with E-state index < -0.39 is 0 Å². The molecule has 0 fully saturated rings. The van der Waals surface area contributed by atoms with Crippen LogP contribution in [0.4, 0.5) is 0 Å². The Kier molecular flexibility index (Phi) is 6.39. The van der Waals surface area contributed by atoms with E-state index in [9.17, 15) is 4.79 Å². The number of benzene rings is 1. The Labute approximate surface area is 131 Å². The van der Waals surface area contributed by atoms with E-state index in [0.717, 1.165) is 11.3 Å². The van der Waals surface area contributed by atoms with Crippen molar-refractivity contribution in [2.75, 3.05) is 13.1 Å². The van der Waals surface area contributed by atoms with Gasteiger partial charge >= 0.3 is 0 Å². The van der Waals surface area contributed by atoms with Crippen molar-refractivity contribution in [3.05, 3.63) is 53.3 Å². The molecular weight excluding hydrogens is 288 g/mol. The van der Waals surface area contributed by atoms with E-state index in [1.807, 2.05) is 37.3 Å². The lowest BCUT2D eigenvalue weighted by Gasteiger charge is -2.22. The molecule has 1 heterocycles. The number of nitrogens with two attached hydrogens (primary N) is 1. The number of amides is 1. The second kappa shape index (κ2) is 7.81. The standard InChI is InChI=1S/C15H20N4O.ClH/c1-12-10-14(18(2)17-12)15(20)19(9-8-16)11-13-6-4-3-5-7-13;/h3-7,10H,8-9,11,16H2,1-2H3;1H. The molecule has 0 aliphatic carbocycles. The zero-order valence-corrected chi connectivity index (χ0v) is 13.1. The Hall–Kier alpha value is -1.85. The fraction of sp³-hybridized carbons (Fsp3) is 0.333. The molecule has 21 heavy (non-hydrogen) atoms. The summed E-state index contributed by atoms with van der Waals surface area (Å²) in [6.45, 7) is 3.40. The SMILES string of the molecule is Cc1cc(C(=O)N(CCN)Cc2ccccc2)n(C)n1.Cl. The molecule has 1 aromatic carbocycles. The van der Waals surface area contributed by atoms with E-state index in [4.69, 9.17) is 5.73 Å². The summed E-state index contributed by atoms with van der Waals surface area (Å²) >= 11 is 0. The summed E-state index contributed by atoms with van der Waals surface area (Å²) in [6.07, 6.45) is 0. The number of carbonyl (C=O) groups excluding carboxylic acids is 1. The largest absolute Gasteiger partial charge is 0.332 e. The van der Waals surface area contributed by atoms with Crippen LogP contribution in [0, 0.1) is 6.92 Å². The van der Waals surface area contributed by atoms with Gasteiger partial charge in [-0.05, 0) is 18.6 Å². The van der Waals surface area contributed by atoms with E-state index in [-0.39, 0.29) is 18.3 Å². The minimum atomic E-state index is -0.0394. The van der Waals surface area contributed by atoms with Gasteiger partial charge in [-0.3, -0.25) is 9.48 Å². The Morgan fingerprint density at radius 3 is 2.52 bits per heavy atom. The average molecular weight is 309 g/mol. The molecule has 0 saturated carbocycles. The van der Waals surface area contributed by atoms with Gasteiger partial charge in [-0.1, -0.05) is 30.3 Å². The van der Waals surface area contributed by atoms with E-state index in [1.165, 1.54) is 0 Å². The maximum atomic E-state index is 12.6. The maximum absolute atomic E-state index is 12.6. The number of aromatic nitrogens is 2. The highest BCUT2D eigenvalue weighted by Crippen LogP contribution is 2.10. The summed E-state index contributed by atoms with van der Waals surface area (Å²) in [5, 5.41) is 4.22. The quantitative estimate of drug-likeness (QED) is 0.915. The molecule has 1 amide bonds. The average Bonchev–Trinajstić information content (AvgIpc) is 2.77. The molecule has 0 aliphatic rings. The molecule has 0 saturated heterocycles. The lowest BCUT2D eigenvalue weighted by Crippen LogP contribution is -2.35. The lowest BCUT2D eigenvalue weighted by atomic mass is 10.2. The second-order valence-electron chi connectivity index (χ2n) is 4.80. The van der Waals surface area contributed by atoms with E-state index in [1.54, 1.807) is 22.7 Å². The summed E-state index contributed by atoms with van der Waals surface area (Å²) in [6, 6.07) is 11.7. The zero-order valence-electron chi connectivity index (χ0n) is 12.3. The predicted octanol–water partition coefficient (Wildman–Crippen LogP) is 1.75. The number of aryl methyl sites for hydroxylation is 2. The van der Waals surface area contributed by atoms with E-state index >= 15 is 0 Å². The van der Waals surface area contributed by atoms with Gasteiger partial charge in [0.05, 0.1) is 5.69 Å². The molecule has 1 aromatic heterocycles. The topological polar surface area (TPSA) is 64.2 Å². The minimum Gasteiger partial charge on any atom is -0.332 e. The smallest absolute Gasteiger partial charge is 0.272 e. The Morgan fingerprint density at radius 2 is 2.00 bits per heavy atom. The summed E-state index contributed by atoms with van der Waals surface area (Å²) in [4.78, 5) is 14.3. The van der Waals surface area contributed by atoms with Crippen molar-refractivity contribution < 1.29 is 4.79 Å². The van der Waals surface area contributed by atoms with Crippen LogP contribution < -0.4 is 5.73 Å². The van der Waals surface area contributed by atoms with Gasteiger partial charge in [0.15, 0.2) is 0 Å². The van der Waals surface area contributed by atoms with Crippen LogP contribution in [0.5, 0.6) is 0 Å². The van der Waals surface area contributed by atoms with Gasteiger partial charge in [-0.15, -0.1) is 12.4 Å². The molecule has 114 valence electrons. The summed E-state index contributed by atoms with van der Waals surface area (Å²) in [5.41, 5.74) is 8.14. The Balaban J connectivity index is 0.00000220. The highest BCUT2D eigenvalue weighted by molar-refractivity contribution is 5.92. The number of hydrogen-bond acceptors (Lipinski definition) is 3. The van der Waals surface area contributed by atoms with Gasteiger partial charge < -0.3 is 10.6 Å². The first-order valence-electron chi connectivity index (χ1n) is 6.65. The third-order valence-electron chi connectivity index (χ3n) is 3.12. The lowest BCUT2D eigenvalue weighted by molar-refractivity contribution is 0.0737. The molecule has 0 spiro atoms. The number of hydrogen-bond donors (Lipinski definition) is 1. The summed E-state index contributed by atoms with van der Waals surface area (Å²) < 4.78 is 1.62. The van der Waals surface area contributed by atoms with Crippen molar-refractivity contribution in [2.45, 2.75) is 13.5 Å². The van der Waals surface area contributed by atoms with Gasteiger partial charge in [-0.2, -0.15) is 5.10 Å². The van der Waals surface area contributed by atoms with E-state index in [2.05, 4.69) is 5.10 Å². The molecule has 0 aliphatic heterocycles. The van der Waals surface area contributed by atoms with Crippen molar-refractivity contribution in [1.82, 2.24) is 14.7 Å². The van der Waals surface area contributed by atoms with Crippen molar-refractivity contribution in [2.24, 2.45) is 12.8 Å². The maximum Gasteiger partial charge on any atom is 0.272 e. The van der Waals surface area contributed by atoms with Crippen LogP contribution in [0.1, 0.15) is 21.7 Å². The molecule has 2 aromatic rings. The van der Waals surface area contributed by atoms with Gasteiger partial charge in [0.25, 0.3) is 5.91 Å². The molecule has 2 N–H and O–H groups in total. The summed E-state index contributed by atoms with van der Waals surface area (Å²) in [5.74, 6) is -0.0394. The molecule has 0 radical (unpaired) electrons. The van der Waals surface area contributed by atoms with Gasteiger partial charge in [0.1, 0.15) is 5.69 Å². The van der Waals surface area contributed by atoms with Crippen LogP contribution in [0.3, 0.4) is 0 Å². The monoisotopic (exact) mass is 308 g/mol. The Morgan fingerprint density at radius 1 is 1.33 bits per heavy atom. The van der Waals surface area contributed by atoms with Crippen LogP contribution in [-0.4, -0.2) is 33.7 Å². The molecule has 6 heteroatoms. The van der Waals surface area contributed by atoms with Gasteiger partial charge in [0.2, 0.25) is 0 Å². The van der Waals surface area contributed by atoms with Gasteiger partial charge in [-0.25, -0.2) is 0 Å². The first-order valence-corrected chi connectivity index (χ1v) is 6.65. The van der Waals surface area contributed by atoms with Crippen molar-refractivity contribution in [1.29, 1.82) is 0 Å². The third-order valence-corrected chi connectivity index (χ3v) is 3.12. The second-order valence-corrected chi connectivity index (χ2v) is 4.80. The molecular formula is C15H21ClN4O. The highest BCUT2D eigenvalue weighted by Gasteiger charge is 2.19. The van der Waals surface area contributed by atoms with E-state index in [0.29, 0.717) is 25.3 Å². The fourth-order valence-corrected chi connectivity index (χ4v) is 2.18. The zero-order chi connectivity index (χ0) is 14.5. The van der Waals surface area contributed by atoms with Crippen LogP contribution in [0.25, 0.3) is 0 Å². The number of nitrogens with zero attached hydrogens (tertiary/aromatic N) is 3. The Bertz CT molecular complexity index is 583. The van der Waals surface area contributed by atoms with Crippen LogP contribution in [-0.2, 0) is 13.6 Å². The number of carbonyl (C=O) groups is 1. The molecule has 0 atom stereocenters. The minimum absolute atomic E-state index is 0. The van der Waals surface area contributed by atoms with Crippen LogP contribution in [0.2, 0.25) is 0 Å². The highest BCUT2D eigenvalue weighted by atomic mass is 35.5. The first-order chi connectivity index (χ1) is 9.61. The van der Waals surface area contributed by atoms with Crippen LogP contribution >= 0.6 is 12.4 Å². The normalized spacial score (nSPS) is 10.0. The number of halogens is 1. The molecule has 0 unspecified atom stereocenters. The van der Waals surface area contributed by atoms with Crippen molar-refractivity contribution in [3.8, 4) is 0 Å². The predicted molar refractivity (Wildman–Crippen MR) is 85.4 cm³/mol. The van der Waals surface area contributed by atoms with Crippen LogP contribution in [0.15, 0.2) is 36.4 Å². The molecule has 5 nitrogen and oxygen atoms in total. The van der Waals surface area contributed by atoms with Crippen molar-refractivity contribution in [3.63, 3.8) is 0 Å². The summed E-state index contributed by atoms with van der Waals surface area (Å²) in [7, 11) is 1.78. The van der Waals surface area contributed by atoms with Gasteiger partial charge in [0, 0.05) is 26.7 Å². The fourth-order valence-electron chi connectivity index (χ4n) is 2.18. The number of rotatable bonds is 5. The molecule has 0 bridgehead atoms. The molecule has 2 rings (SSSR count).